The number of hydrogen-bond acceptors (Lipinski definition) is 2. The van der Waals surface area contributed by atoms with Gasteiger partial charge in [0.15, 0.2) is 0 Å². The summed E-state index contributed by atoms with van der Waals surface area (Å²) in [7, 11) is 0. The van der Waals surface area contributed by atoms with Gasteiger partial charge in [-0.25, -0.2) is 0 Å². The highest BCUT2D eigenvalue weighted by molar-refractivity contribution is 5.04. The van der Waals surface area contributed by atoms with E-state index in [0.717, 1.165) is 5.76 Å². The Morgan fingerprint density at radius 3 is 2.87 bits per heavy atom. The molecule has 2 rings (SSSR count). The van der Waals surface area contributed by atoms with Crippen LogP contribution in [-0.4, -0.2) is 6.04 Å². The van der Waals surface area contributed by atoms with Crippen LogP contribution in [0.4, 0.5) is 0 Å². The second-order valence-corrected chi connectivity index (χ2v) is 5.51. The maximum absolute atomic E-state index is 5.40. The monoisotopic (exact) mass is 207 g/mol. The molecule has 1 aromatic heterocycles. The Labute approximate surface area is 92.1 Å². The third-order valence-corrected chi connectivity index (χ3v) is 3.42. The molecule has 84 valence electrons. The van der Waals surface area contributed by atoms with Crippen LogP contribution < -0.4 is 5.32 Å². The molecular weight excluding hydrogens is 186 g/mol. The molecule has 2 heteroatoms. The van der Waals surface area contributed by atoms with Gasteiger partial charge >= 0.3 is 0 Å². The molecule has 15 heavy (non-hydrogen) atoms. The molecular formula is C13H21NO. The molecule has 1 aliphatic carbocycles. The van der Waals surface area contributed by atoms with Crippen LogP contribution in [0.25, 0.3) is 0 Å². The maximum atomic E-state index is 5.40. The van der Waals surface area contributed by atoms with Crippen molar-refractivity contribution in [3.63, 3.8) is 0 Å². The van der Waals surface area contributed by atoms with Crippen LogP contribution in [-0.2, 0) is 0 Å². The van der Waals surface area contributed by atoms with Crippen LogP contribution >= 0.6 is 0 Å². The van der Waals surface area contributed by atoms with Crippen molar-refractivity contribution in [2.75, 3.05) is 0 Å². The van der Waals surface area contributed by atoms with E-state index in [4.69, 9.17) is 4.42 Å². The summed E-state index contributed by atoms with van der Waals surface area (Å²) in [5.41, 5.74) is 0.514. The normalized spacial score (nSPS) is 26.7. The highest BCUT2D eigenvalue weighted by Crippen LogP contribution is 2.37. The summed E-state index contributed by atoms with van der Waals surface area (Å²) in [6.45, 7) is 6.88. The van der Waals surface area contributed by atoms with Gasteiger partial charge in [-0.3, -0.25) is 0 Å². The van der Waals surface area contributed by atoms with E-state index < -0.39 is 0 Å². The molecule has 2 nitrogen and oxygen atoms in total. The molecule has 1 aliphatic rings. The Balaban J connectivity index is 1.88. The lowest BCUT2D eigenvalue weighted by Gasteiger charge is -2.20. The lowest BCUT2D eigenvalue weighted by atomic mass is 9.92. The van der Waals surface area contributed by atoms with Gasteiger partial charge in [-0.15, -0.1) is 0 Å². The van der Waals surface area contributed by atoms with E-state index >= 15 is 0 Å². The van der Waals surface area contributed by atoms with Crippen LogP contribution in [0.3, 0.4) is 0 Å². The van der Waals surface area contributed by atoms with E-state index in [-0.39, 0.29) is 0 Å². The zero-order valence-electron chi connectivity index (χ0n) is 9.92. The fourth-order valence-electron chi connectivity index (χ4n) is 2.55. The van der Waals surface area contributed by atoms with Crippen molar-refractivity contribution in [1.29, 1.82) is 0 Å². The molecule has 0 radical (unpaired) electrons. The van der Waals surface area contributed by atoms with E-state index in [1.165, 1.54) is 19.3 Å². The fraction of sp³-hybridized carbons (Fsp3) is 0.692. The lowest BCUT2D eigenvalue weighted by Crippen LogP contribution is -2.29. The molecule has 0 aliphatic heterocycles. The number of furan rings is 1. The Hall–Kier alpha value is -0.760. The van der Waals surface area contributed by atoms with Gasteiger partial charge in [-0.1, -0.05) is 13.8 Å². The molecule has 2 atom stereocenters. The Morgan fingerprint density at radius 2 is 2.33 bits per heavy atom. The minimum absolute atomic E-state index is 0.332. The first-order chi connectivity index (χ1) is 7.07. The first-order valence-electron chi connectivity index (χ1n) is 5.86. The van der Waals surface area contributed by atoms with Crippen molar-refractivity contribution in [3.8, 4) is 0 Å². The zero-order chi connectivity index (χ0) is 10.9. The Bertz CT molecular complexity index is 302. The minimum Gasteiger partial charge on any atom is -0.468 e. The van der Waals surface area contributed by atoms with Gasteiger partial charge in [0.1, 0.15) is 5.76 Å². The number of rotatable bonds is 3. The van der Waals surface area contributed by atoms with Gasteiger partial charge in [-0.05, 0) is 43.7 Å². The van der Waals surface area contributed by atoms with Crippen molar-refractivity contribution in [2.45, 2.75) is 52.1 Å². The zero-order valence-corrected chi connectivity index (χ0v) is 9.92. The van der Waals surface area contributed by atoms with Gasteiger partial charge in [0.25, 0.3) is 0 Å². The Morgan fingerprint density at radius 1 is 1.53 bits per heavy atom. The van der Waals surface area contributed by atoms with Crippen LogP contribution in [0.2, 0.25) is 0 Å². The van der Waals surface area contributed by atoms with E-state index in [0.29, 0.717) is 17.5 Å². The van der Waals surface area contributed by atoms with Crippen LogP contribution in [0.1, 0.15) is 51.8 Å². The predicted molar refractivity (Wildman–Crippen MR) is 61.7 cm³/mol. The van der Waals surface area contributed by atoms with Crippen LogP contribution in [0.5, 0.6) is 0 Å². The molecule has 1 unspecified atom stereocenters. The summed E-state index contributed by atoms with van der Waals surface area (Å²) in [6.07, 6.45) is 5.64. The largest absolute Gasteiger partial charge is 0.468 e. The van der Waals surface area contributed by atoms with E-state index in [1.807, 2.05) is 12.1 Å². The van der Waals surface area contributed by atoms with Crippen molar-refractivity contribution in [3.05, 3.63) is 24.2 Å². The van der Waals surface area contributed by atoms with Crippen LogP contribution in [0.15, 0.2) is 22.8 Å². The van der Waals surface area contributed by atoms with Gasteiger partial charge < -0.3 is 9.73 Å². The van der Waals surface area contributed by atoms with Crippen molar-refractivity contribution in [1.82, 2.24) is 5.32 Å². The third kappa shape index (κ3) is 2.63. The Kier molecular flexibility index (Phi) is 2.87. The molecule has 0 spiro atoms. The maximum Gasteiger partial charge on any atom is 0.120 e. The second kappa shape index (κ2) is 4.01. The average molecular weight is 207 g/mol. The molecule has 1 fully saturated rings. The SMILES string of the molecule is C[C@H](NC1CCC(C)(C)C1)c1ccco1. The number of hydrogen-bond donors (Lipinski definition) is 1. The van der Waals surface area contributed by atoms with Gasteiger partial charge in [0.2, 0.25) is 0 Å². The summed E-state index contributed by atoms with van der Waals surface area (Å²) >= 11 is 0. The van der Waals surface area contributed by atoms with Gasteiger partial charge in [0, 0.05) is 6.04 Å². The molecule has 1 heterocycles. The molecule has 0 aromatic carbocycles. The molecule has 0 saturated heterocycles. The fourth-order valence-corrected chi connectivity index (χ4v) is 2.55. The highest BCUT2D eigenvalue weighted by Gasteiger charge is 2.31. The van der Waals surface area contributed by atoms with Crippen molar-refractivity contribution < 1.29 is 4.42 Å². The van der Waals surface area contributed by atoms with E-state index in [2.05, 4.69) is 26.1 Å². The summed E-state index contributed by atoms with van der Waals surface area (Å²) in [4.78, 5) is 0. The van der Waals surface area contributed by atoms with Crippen LogP contribution in [0, 0.1) is 5.41 Å². The van der Waals surface area contributed by atoms with E-state index in [9.17, 15) is 0 Å². The molecule has 0 amide bonds. The first kappa shape index (κ1) is 10.7. The summed E-state index contributed by atoms with van der Waals surface area (Å²) in [5.74, 6) is 1.04. The molecule has 1 N–H and O–H groups in total. The molecule has 0 bridgehead atoms. The summed E-state index contributed by atoms with van der Waals surface area (Å²) in [6, 6.07) is 4.98. The van der Waals surface area contributed by atoms with Crippen molar-refractivity contribution in [2.24, 2.45) is 5.41 Å². The lowest BCUT2D eigenvalue weighted by molar-refractivity contribution is 0.343. The minimum atomic E-state index is 0.332. The third-order valence-electron chi connectivity index (χ3n) is 3.42. The smallest absolute Gasteiger partial charge is 0.120 e. The quantitative estimate of drug-likeness (QED) is 0.820. The van der Waals surface area contributed by atoms with Gasteiger partial charge in [0.05, 0.1) is 12.3 Å². The topological polar surface area (TPSA) is 25.2 Å². The average Bonchev–Trinajstić information content (AvgIpc) is 2.74. The van der Waals surface area contributed by atoms with Crippen molar-refractivity contribution >= 4 is 0 Å². The predicted octanol–water partition coefficient (Wildman–Crippen LogP) is 3.51. The second-order valence-electron chi connectivity index (χ2n) is 5.51. The van der Waals surface area contributed by atoms with E-state index in [1.54, 1.807) is 6.26 Å². The highest BCUT2D eigenvalue weighted by atomic mass is 16.3. The summed E-state index contributed by atoms with van der Waals surface area (Å²) in [5, 5.41) is 3.64. The molecule has 1 aromatic rings. The molecule has 1 saturated carbocycles. The van der Waals surface area contributed by atoms with Gasteiger partial charge in [-0.2, -0.15) is 0 Å². The number of nitrogens with one attached hydrogen (secondary N) is 1. The summed E-state index contributed by atoms with van der Waals surface area (Å²) < 4.78 is 5.40. The standard InChI is InChI=1S/C13H21NO/c1-10(12-5-4-8-15-12)14-11-6-7-13(2,3)9-11/h4-5,8,10-11,14H,6-7,9H2,1-3H3/t10-,11?/m0/s1. The first-order valence-corrected chi connectivity index (χ1v) is 5.86.